The third-order valence-corrected chi connectivity index (χ3v) is 3.17. The summed E-state index contributed by atoms with van der Waals surface area (Å²) in [5.41, 5.74) is 3.18. The Morgan fingerprint density at radius 3 is 2.65 bits per heavy atom. The first kappa shape index (κ1) is 12.7. The lowest BCUT2D eigenvalue weighted by molar-refractivity contribution is 0.879. The van der Waals surface area contributed by atoms with Gasteiger partial charge in [0.05, 0.1) is 5.69 Å². The van der Waals surface area contributed by atoms with Crippen molar-refractivity contribution in [3.63, 3.8) is 0 Å². The second kappa shape index (κ2) is 5.75. The van der Waals surface area contributed by atoms with Gasteiger partial charge in [0.15, 0.2) is 0 Å². The molecular weight excluding hydrogens is 272 g/mol. The second-order valence-corrected chi connectivity index (χ2v) is 4.81. The third kappa shape index (κ3) is 2.97. The van der Waals surface area contributed by atoms with E-state index in [-0.39, 0.29) is 0 Å². The molecule has 0 atom stereocenters. The third-order valence-electron chi connectivity index (χ3n) is 2.94. The summed E-state index contributed by atoms with van der Waals surface area (Å²) in [6.07, 6.45) is 3.19. The van der Waals surface area contributed by atoms with Gasteiger partial charge < -0.3 is 5.32 Å². The maximum absolute atomic E-state index is 5.96. The predicted octanol–water partition coefficient (Wildman–Crippen LogP) is 3.53. The Bertz CT molecular complexity index is 677. The number of hydrogen-bond acceptors (Lipinski definition) is 3. The largest absolute Gasteiger partial charge is 0.381 e. The highest BCUT2D eigenvalue weighted by atomic mass is 35.5. The maximum atomic E-state index is 5.96. The monoisotopic (exact) mass is 284 g/mol. The molecule has 2 aromatic carbocycles. The Kier molecular flexibility index (Phi) is 3.65. The van der Waals surface area contributed by atoms with Crippen LogP contribution in [-0.4, -0.2) is 14.8 Å². The summed E-state index contributed by atoms with van der Waals surface area (Å²) >= 11 is 5.96. The zero-order chi connectivity index (χ0) is 13.8. The lowest BCUT2D eigenvalue weighted by Crippen LogP contribution is -2.00. The van der Waals surface area contributed by atoms with Crippen LogP contribution in [0.1, 0.15) is 5.56 Å². The molecule has 3 rings (SSSR count). The van der Waals surface area contributed by atoms with Crippen LogP contribution in [-0.2, 0) is 6.54 Å². The molecule has 0 aliphatic heterocycles. The molecule has 0 unspecified atom stereocenters. The molecule has 20 heavy (non-hydrogen) atoms. The van der Waals surface area contributed by atoms with E-state index in [1.54, 1.807) is 11.0 Å². The van der Waals surface area contributed by atoms with Crippen LogP contribution in [0, 0.1) is 0 Å². The van der Waals surface area contributed by atoms with Gasteiger partial charge >= 0.3 is 0 Å². The van der Waals surface area contributed by atoms with Crippen molar-refractivity contribution in [1.29, 1.82) is 0 Å². The van der Waals surface area contributed by atoms with Crippen LogP contribution in [0.3, 0.4) is 0 Å². The molecule has 0 radical (unpaired) electrons. The molecule has 100 valence electrons. The highest BCUT2D eigenvalue weighted by Gasteiger charge is 1.98. The quantitative estimate of drug-likeness (QED) is 0.797. The Labute approximate surface area is 122 Å². The summed E-state index contributed by atoms with van der Waals surface area (Å²) < 4.78 is 1.72. The minimum absolute atomic E-state index is 0.739. The van der Waals surface area contributed by atoms with E-state index in [0.717, 1.165) is 28.5 Å². The van der Waals surface area contributed by atoms with Gasteiger partial charge in [-0.2, -0.15) is 5.10 Å². The van der Waals surface area contributed by atoms with Gasteiger partial charge in [0.1, 0.15) is 12.7 Å². The van der Waals surface area contributed by atoms with E-state index in [2.05, 4.69) is 15.4 Å². The molecule has 0 saturated heterocycles. The molecule has 0 saturated carbocycles. The number of anilines is 1. The highest BCUT2D eigenvalue weighted by molar-refractivity contribution is 6.30. The minimum Gasteiger partial charge on any atom is -0.381 e. The van der Waals surface area contributed by atoms with Crippen molar-refractivity contribution < 1.29 is 0 Å². The molecule has 5 heteroatoms. The fraction of sp³-hybridized carbons (Fsp3) is 0.0667. The number of hydrogen-bond donors (Lipinski definition) is 1. The molecule has 0 amide bonds. The fourth-order valence-corrected chi connectivity index (χ4v) is 2.14. The fourth-order valence-electron chi connectivity index (χ4n) is 1.92. The van der Waals surface area contributed by atoms with Gasteiger partial charge in [-0.25, -0.2) is 9.67 Å². The number of rotatable bonds is 4. The summed E-state index contributed by atoms with van der Waals surface area (Å²) in [7, 11) is 0. The Morgan fingerprint density at radius 1 is 1.10 bits per heavy atom. The molecule has 0 aliphatic rings. The lowest BCUT2D eigenvalue weighted by atomic mass is 10.2. The first-order valence-electron chi connectivity index (χ1n) is 6.25. The van der Waals surface area contributed by atoms with Crippen molar-refractivity contribution in [2.45, 2.75) is 6.54 Å². The standard InChI is InChI=1S/C15H13ClN4/c16-13-3-1-2-12(8-13)9-18-14-4-6-15(7-5-14)20-11-17-10-19-20/h1-8,10-11,18H,9H2. The van der Waals surface area contributed by atoms with Crippen LogP contribution >= 0.6 is 11.6 Å². The molecule has 1 N–H and O–H groups in total. The molecule has 0 spiro atoms. The van der Waals surface area contributed by atoms with Crippen molar-refractivity contribution in [3.8, 4) is 5.69 Å². The van der Waals surface area contributed by atoms with Crippen molar-refractivity contribution in [2.75, 3.05) is 5.32 Å². The van der Waals surface area contributed by atoms with E-state index in [4.69, 9.17) is 11.6 Å². The summed E-state index contributed by atoms with van der Waals surface area (Å²) in [6.45, 7) is 0.739. The van der Waals surface area contributed by atoms with Crippen molar-refractivity contribution in [2.24, 2.45) is 0 Å². The van der Waals surface area contributed by atoms with Crippen LogP contribution in [0.2, 0.25) is 5.02 Å². The average Bonchev–Trinajstić information content (AvgIpc) is 3.00. The van der Waals surface area contributed by atoms with Crippen molar-refractivity contribution >= 4 is 17.3 Å². The van der Waals surface area contributed by atoms with Crippen LogP contribution in [0.15, 0.2) is 61.2 Å². The Balaban J connectivity index is 1.67. The van der Waals surface area contributed by atoms with Gasteiger partial charge in [-0.05, 0) is 42.0 Å². The molecule has 1 aromatic heterocycles. The molecule has 0 aliphatic carbocycles. The van der Waals surface area contributed by atoms with Crippen LogP contribution < -0.4 is 5.32 Å². The van der Waals surface area contributed by atoms with Gasteiger partial charge in [0.25, 0.3) is 0 Å². The van der Waals surface area contributed by atoms with Gasteiger partial charge in [0.2, 0.25) is 0 Å². The zero-order valence-electron chi connectivity index (χ0n) is 10.7. The van der Waals surface area contributed by atoms with Crippen LogP contribution in [0.5, 0.6) is 0 Å². The summed E-state index contributed by atoms with van der Waals surface area (Å²) in [5, 5.41) is 8.20. The zero-order valence-corrected chi connectivity index (χ0v) is 11.5. The highest BCUT2D eigenvalue weighted by Crippen LogP contribution is 2.15. The van der Waals surface area contributed by atoms with Gasteiger partial charge in [-0.1, -0.05) is 23.7 Å². The van der Waals surface area contributed by atoms with Gasteiger partial charge in [0, 0.05) is 17.3 Å². The lowest BCUT2D eigenvalue weighted by Gasteiger charge is -2.08. The Hall–Kier alpha value is -2.33. The smallest absolute Gasteiger partial charge is 0.138 e. The van der Waals surface area contributed by atoms with E-state index in [9.17, 15) is 0 Å². The van der Waals surface area contributed by atoms with E-state index < -0.39 is 0 Å². The summed E-state index contributed by atoms with van der Waals surface area (Å²) in [4.78, 5) is 3.93. The van der Waals surface area contributed by atoms with E-state index in [0.29, 0.717) is 0 Å². The van der Waals surface area contributed by atoms with E-state index >= 15 is 0 Å². The van der Waals surface area contributed by atoms with Crippen LogP contribution in [0.25, 0.3) is 5.69 Å². The Morgan fingerprint density at radius 2 is 1.95 bits per heavy atom. The number of halogens is 1. The molecule has 3 aromatic rings. The first-order valence-corrected chi connectivity index (χ1v) is 6.62. The first-order chi connectivity index (χ1) is 9.81. The number of aromatic nitrogens is 3. The van der Waals surface area contributed by atoms with Crippen molar-refractivity contribution in [3.05, 3.63) is 71.8 Å². The summed E-state index contributed by atoms with van der Waals surface area (Å²) in [5.74, 6) is 0. The van der Waals surface area contributed by atoms with Gasteiger partial charge in [-0.15, -0.1) is 0 Å². The summed E-state index contributed by atoms with van der Waals surface area (Å²) in [6, 6.07) is 15.8. The van der Waals surface area contributed by atoms with Gasteiger partial charge in [-0.3, -0.25) is 0 Å². The maximum Gasteiger partial charge on any atom is 0.138 e. The molecular formula is C15H13ClN4. The number of nitrogens with zero attached hydrogens (tertiary/aromatic N) is 3. The van der Waals surface area contributed by atoms with Crippen LogP contribution in [0.4, 0.5) is 5.69 Å². The van der Waals surface area contributed by atoms with Crippen molar-refractivity contribution in [1.82, 2.24) is 14.8 Å². The SMILES string of the molecule is Clc1cccc(CNc2ccc(-n3cncn3)cc2)c1. The molecule has 0 fully saturated rings. The topological polar surface area (TPSA) is 42.7 Å². The molecule has 0 bridgehead atoms. The number of benzene rings is 2. The molecule has 1 heterocycles. The number of nitrogens with one attached hydrogen (secondary N) is 1. The molecule has 4 nitrogen and oxygen atoms in total. The average molecular weight is 285 g/mol. The predicted molar refractivity (Wildman–Crippen MR) is 80.1 cm³/mol. The minimum atomic E-state index is 0.739. The second-order valence-electron chi connectivity index (χ2n) is 4.37. The normalized spacial score (nSPS) is 10.4. The van der Waals surface area contributed by atoms with E-state index in [1.165, 1.54) is 6.33 Å². The van der Waals surface area contributed by atoms with E-state index in [1.807, 2.05) is 48.5 Å².